The molecule has 21 heavy (non-hydrogen) atoms. The number of aromatic nitrogens is 3. The second kappa shape index (κ2) is 6.43. The summed E-state index contributed by atoms with van der Waals surface area (Å²) in [6.45, 7) is 0.632. The van der Waals surface area contributed by atoms with E-state index in [1.54, 1.807) is 0 Å². The molecule has 1 aromatic heterocycles. The molecule has 0 aliphatic rings. The number of hydrogen-bond acceptors (Lipinski definition) is 7. The lowest BCUT2D eigenvalue weighted by atomic mass is 10.3. The summed E-state index contributed by atoms with van der Waals surface area (Å²) in [7, 11) is 0. The maximum absolute atomic E-state index is 11.2. The van der Waals surface area contributed by atoms with Crippen LogP contribution in [0.3, 0.4) is 0 Å². The molecule has 1 amide bonds. The summed E-state index contributed by atoms with van der Waals surface area (Å²) in [5.41, 5.74) is 2.05. The number of non-ortho nitro benzene ring substituents is 1. The molecule has 0 fully saturated rings. The predicted octanol–water partition coefficient (Wildman–Crippen LogP) is -0.131. The van der Waals surface area contributed by atoms with Gasteiger partial charge >= 0.3 is 0 Å². The molecule has 1 heterocycles. The molecule has 10 heteroatoms. The van der Waals surface area contributed by atoms with Gasteiger partial charge in [-0.3, -0.25) is 20.3 Å². The first-order valence-corrected chi connectivity index (χ1v) is 5.88. The zero-order valence-corrected chi connectivity index (χ0v) is 10.8. The number of hydrogen-bond donors (Lipinski definition) is 2. The molecule has 0 aliphatic carbocycles. The number of amides is 1. The molecule has 0 bridgehead atoms. The lowest BCUT2D eigenvalue weighted by molar-refractivity contribution is -0.384. The van der Waals surface area contributed by atoms with Crippen LogP contribution < -0.4 is 16.0 Å². The summed E-state index contributed by atoms with van der Waals surface area (Å²) < 4.78 is 6.83. The van der Waals surface area contributed by atoms with Crippen LogP contribution in [0.15, 0.2) is 30.5 Å². The van der Waals surface area contributed by atoms with Crippen molar-refractivity contribution in [3.05, 3.63) is 46.3 Å². The summed E-state index contributed by atoms with van der Waals surface area (Å²) in [6, 6.07) is 5.72. The monoisotopic (exact) mass is 292 g/mol. The number of nitrogens with two attached hydrogens (primary N) is 1. The molecule has 2 aromatic rings. The Morgan fingerprint density at radius 2 is 2.14 bits per heavy atom. The van der Waals surface area contributed by atoms with Crippen molar-refractivity contribution in [2.24, 2.45) is 5.84 Å². The van der Waals surface area contributed by atoms with Crippen molar-refractivity contribution in [2.45, 2.75) is 6.54 Å². The number of rotatable bonds is 6. The van der Waals surface area contributed by atoms with Gasteiger partial charge in [-0.05, 0) is 12.1 Å². The summed E-state index contributed by atoms with van der Waals surface area (Å²) in [5, 5.41) is 17.9. The summed E-state index contributed by atoms with van der Waals surface area (Å²) in [4.78, 5) is 21.2. The maximum Gasteiger partial charge on any atom is 0.287 e. The van der Waals surface area contributed by atoms with Crippen LogP contribution in [0.25, 0.3) is 0 Å². The van der Waals surface area contributed by atoms with Crippen LogP contribution in [0.2, 0.25) is 0 Å². The third-order valence-electron chi connectivity index (χ3n) is 2.54. The zero-order chi connectivity index (χ0) is 15.2. The maximum atomic E-state index is 11.2. The van der Waals surface area contributed by atoms with Gasteiger partial charge in [-0.2, -0.15) is 0 Å². The van der Waals surface area contributed by atoms with Crippen molar-refractivity contribution >= 4 is 11.6 Å². The van der Waals surface area contributed by atoms with Crippen molar-refractivity contribution in [1.82, 2.24) is 20.4 Å². The van der Waals surface area contributed by atoms with Crippen LogP contribution >= 0.6 is 0 Å². The van der Waals surface area contributed by atoms with Crippen molar-refractivity contribution in [1.29, 1.82) is 0 Å². The second-order valence-electron chi connectivity index (χ2n) is 3.94. The molecule has 0 radical (unpaired) electrons. The van der Waals surface area contributed by atoms with Crippen LogP contribution in [0.5, 0.6) is 5.75 Å². The molecule has 0 aliphatic heterocycles. The molecule has 0 spiro atoms. The van der Waals surface area contributed by atoms with Crippen molar-refractivity contribution in [2.75, 3.05) is 6.61 Å². The standard InChI is InChI=1S/C11H12N6O4/c12-13-11(18)10-7-16(15-14-10)5-6-21-9-3-1-8(2-4-9)17(19)20/h1-4,7H,5-6,12H2,(H,13,18). The molecule has 0 saturated carbocycles. The minimum absolute atomic E-state index is 0.00364. The molecule has 2 rings (SSSR count). The van der Waals surface area contributed by atoms with Gasteiger partial charge in [0.25, 0.3) is 11.6 Å². The normalized spacial score (nSPS) is 10.1. The van der Waals surface area contributed by atoms with Crippen LogP contribution in [-0.2, 0) is 6.54 Å². The number of carbonyl (C=O) groups excluding carboxylic acids is 1. The third-order valence-corrected chi connectivity index (χ3v) is 2.54. The Kier molecular flexibility index (Phi) is 4.41. The Morgan fingerprint density at radius 3 is 2.76 bits per heavy atom. The first-order chi connectivity index (χ1) is 10.1. The first-order valence-electron chi connectivity index (χ1n) is 5.88. The number of nitrogen functional groups attached to an aromatic ring is 1. The van der Waals surface area contributed by atoms with Gasteiger partial charge < -0.3 is 4.74 Å². The summed E-state index contributed by atoms with van der Waals surface area (Å²) in [5.74, 6) is 4.94. The quantitative estimate of drug-likeness (QED) is 0.327. The highest BCUT2D eigenvalue weighted by Gasteiger charge is 2.09. The molecule has 3 N–H and O–H groups in total. The Labute approximate surface area is 118 Å². The largest absolute Gasteiger partial charge is 0.492 e. The van der Waals surface area contributed by atoms with E-state index in [0.717, 1.165) is 0 Å². The van der Waals surface area contributed by atoms with Crippen LogP contribution in [-0.4, -0.2) is 32.4 Å². The van der Waals surface area contributed by atoms with Gasteiger partial charge in [-0.15, -0.1) is 5.10 Å². The van der Waals surface area contributed by atoms with Gasteiger partial charge in [0.15, 0.2) is 5.69 Å². The van der Waals surface area contributed by atoms with Crippen LogP contribution in [0.1, 0.15) is 10.5 Å². The lowest BCUT2D eigenvalue weighted by Gasteiger charge is -2.05. The van der Waals surface area contributed by atoms with E-state index in [0.29, 0.717) is 12.3 Å². The number of hydrazine groups is 1. The van der Waals surface area contributed by atoms with E-state index in [1.807, 2.05) is 5.43 Å². The minimum Gasteiger partial charge on any atom is -0.492 e. The Bertz CT molecular complexity index is 638. The topological polar surface area (TPSA) is 138 Å². The fourth-order valence-corrected chi connectivity index (χ4v) is 1.51. The highest BCUT2D eigenvalue weighted by molar-refractivity contribution is 5.91. The number of nitro groups is 1. The molecule has 110 valence electrons. The Morgan fingerprint density at radius 1 is 1.43 bits per heavy atom. The number of benzene rings is 1. The van der Waals surface area contributed by atoms with E-state index in [4.69, 9.17) is 10.6 Å². The molecular formula is C11H12N6O4. The second-order valence-corrected chi connectivity index (χ2v) is 3.94. The zero-order valence-electron chi connectivity index (χ0n) is 10.8. The fraction of sp³-hybridized carbons (Fsp3) is 0.182. The fourth-order valence-electron chi connectivity index (χ4n) is 1.51. The smallest absolute Gasteiger partial charge is 0.287 e. The molecule has 1 aromatic carbocycles. The van der Waals surface area contributed by atoms with E-state index in [9.17, 15) is 14.9 Å². The lowest BCUT2D eigenvalue weighted by Crippen LogP contribution is -2.30. The SMILES string of the molecule is NNC(=O)c1cn(CCOc2ccc([N+](=O)[O-])cc2)nn1. The molecule has 0 unspecified atom stereocenters. The predicted molar refractivity (Wildman–Crippen MR) is 70.3 cm³/mol. The van der Waals surface area contributed by atoms with Gasteiger partial charge in [0, 0.05) is 12.1 Å². The average Bonchev–Trinajstić information content (AvgIpc) is 2.96. The van der Waals surface area contributed by atoms with Gasteiger partial charge in [0.1, 0.15) is 12.4 Å². The van der Waals surface area contributed by atoms with Gasteiger partial charge in [0.2, 0.25) is 0 Å². The van der Waals surface area contributed by atoms with Crippen molar-refractivity contribution in [3.63, 3.8) is 0 Å². The Hall–Kier alpha value is -3.01. The summed E-state index contributed by atoms with van der Waals surface area (Å²) in [6.07, 6.45) is 1.43. The van der Waals surface area contributed by atoms with Gasteiger partial charge in [-0.25, -0.2) is 10.5 Å². The van der Waals surface area contributed by atoms with E-state index in [1.165, 1.54) is 35.1 Å². The van der Waals surface area contributed by atoms with E-state index >= 15 is 0 Å². The number of nitrogens with one attached hydrogen (secondary N) is 1. The summed E-state index contributed by atoms with van der Waals surface area (Å²) >= 11 is 0. The van der Waals surface area contributed by atoms with Gasteiger partial charge in [0.05, 0.1) is 17.7 Å². The highest BCUT2D eigenvalue weighted by Crippen LogP contribution is 2.17. The van der Waals surface area contributed by atoms with E-state index in [-0.39, 0.29) is 18.0 Å². The number of nitrogens with zero attached hydrogens (tertiary/aromatic N) is 4. The van der Waals surface area contributed by atoms with Crippen molar-refractivity contribution in [3.8, 4) is 5.75 Å². The van der Waals surface area contributed by atoms with E-state index in [2.05, 4.69) is 10.3 Å². The average molecular weight is 292 g/mol. The number of ether oxygens (including phenoxy) is 1. The minimum atomic E-state index is -0.530. The molecule has 0 atom stereocenters. The number of carbonyl (C=O) groups is 1. The number of nitro benzene ring substituents is 1. The molecule has 0 saturated heterocycles. The van der Waals surface area contributed by atoms with Gasteiger partial charge in [-0.1, -0.05) is 5.21 Å². The van der Waals surface area contributed by atoms with Crippen LogP contribution in [0, 0.1) is 10.1 Å². The third kappa shape index (κ3) is 3.73. The first kappa shape index (κ1) is 14.4. The Balaban J connectivity index is 1.85. The van der Waals surface area contributed by atoms with Crippen molar-refractivity contribution < 1.29 is 14.5 Å². The molecular weight excluding hydrogens is 280 g/mol. The highest BCUT2D eigenvalue weighted by atomic mass is 16.6. The van der Waals surface area contributed by atoms with Crippen LogP contribution in [0.4, 0.5) is 5.69 Å². The van der Waals surface area contributed by atoms with E-state index < -0.39 is 10.8 Å². The molecule has 10 nitrogen and oxygen atoms in total.